The van der Waals surface area contributed by atoms with Gasteiger partial charge in [-0.15, -0.1) is 0 Å². The van der Waals surface area contributed by atoms with Crippen molar-refractivity contribution in [1.29, 1.82) is 0 Å². The van der Waals surface area contributed by atoms with Gasteiger partial charge in [0.1, 0.15) is 11.6 Å². The topological polar surface area (TPSA) is 57.4 Å². The summed E-state index contributed by atoms with van der Waals surface area (Å²) in [7, 11) is 0. The summed E-state index contributed by atoms with van der Waals surface area (Å²) >= 11 is 0. The first-order valence-corrected chi connectivity index (χ1v) is 10.5. The van der Waals surface area contributed by atoms with E-state index in [4.69, 9.17) is 0 Å². The number of aromatic amines is 2. The van der Waals surface area contributed by atoms with Crippen molar-refractivity contribution in [3.05, 3.63) is 82.6 Å². The average molecular weight is 395 g/mol. The number of benzene rings is 3. The molecule has 4 heteroatoms. The number of aromatic nitrogens is 4. The fraction of sp³-hybridized carbons (Fsp3) is 0.231. The van der Waals surface area contributed by atoms with Crippen LogP contribution < -0.4 is 0 Å². The van der Waals surface area contributed by atoms with Crippen molar-refractivity contribution in [2.45, 2.75) is 40.5 Å². The average Bonchev–Trinajstić information content (AvgIpc) is 3.29. The molecule has 0 radical (unpaired) electrons. The fourth-order valence-corrected chi connectivity index (χ4v) is 4.41. The molecule has 6 rings (SSSR count). The predicted molar refractivity (Wildman–Crippen MR) is 124 cm³/mol. The number of aryl methyl sites for hydroxylation is 6. The first-order valence-electron chi connectivity index (χ1n) is 10.5. The zero-order valence-corrected chi connectivity index (χ0v) is 17.9. The molecule has 150 valence electrons. The standard InChI is InChI=1S/C13H14N2.C13H12N2/c2*1-8-3-5-11-10(7-8)4-6-12-13(11)15-9(2)14-12/h3,5,7H,4,6H2,1-2H3,(H,14,15);3-7H,1-2H3,(H,14,15). The smallest absolute Gasteiger partial charge is 0.104 e. The lowest BCUT2D eigenvalue weighted by molar-refractivity contribution is 0.903. The van der Waals surface area contributed by atoms with Crippen LogP contribution in [-0.2, 0) is 12.8 Å². The van der Waals surface area contributed by atoms with Gasteiger partial charge in [0, 0.05) is 16.6 Å². The Balaban J connectivity index is 0.000000128. The maximum Gasteiger partial charge on any atom is 0.104 e. The second-order valence-corrected chi connectivity index (χ2v) is 8.32. The number of rotatable bonds is 0. The van der Waals surface area contributed by atoms with Gasteiger partial charge in [-0.05, 0) is 57.6 Å². The Labute approximate surface area is 176 Å². The van der Waals surface area contributed by atoms with E-state index in [-0.39, 0.29) is 0 Å². The van der Waals surface area contributed by atoms with Gasteiger partial charge in [0.15, 0.2) is 0 Å². The molecule has 0 saturated heterocycles. The number of nitrogens with zero attached hydrogens (tertiary/aromatic N) is 2. The molecule has 5 aromatic rings. The minimum absolute atomic E-state index is 0.970. The maximum atomic E-state index is 4.57. The Kier molecular flexibility index (Phi) is 4.43. The van der Waals surface area contributed by atoms with Crippen LogP contribution >= 0.6 is 0 Å². The molecule has 0 unspecified atom stereocenters. The van der Waals surface area contributed by atoms with Crippen molar-refractivity contribution in [1.82, 2.24) is 19.9 Å². The van der Waals surface area contributed by atoms with Gasteiger partial charge in [-0.3, -0.25) is 0 Å². The number of hydrogen-bond acceptors (Lipinski definition) is 2. The monoisotopic (exact) mass is 394 g/mol. The Morgan fingerprint density at radius 1 is 0.733 bits per heavy atom. The van der Waals surface area contributed by atoms with E-state index in [0.717, 1.165) is 41.2 Å². The van der Waals surface area contributed by atoms with Crippen molar-refractivity contribution in [2.75, 3.05) is 0 Å². The third-order valence-electron chi connectivity index (χ3n) is 5.80. The minimum Gasteiger partial charge on any atom is -0.346 e. The van der Waals surface area contributed by atoms with E-state index in [1.165, 1.54) is 38.7 Å². The zero-order chi connectivity index (χ0) is 20.8. The van der Waals surface area contributed by atoms with Crippen molar-refractivity contribution in [2.24, 2.45) is 0 Å². The van der Waals surface area contributed by atoms with Crippen molar-refractivity contribution >= 4 is 21.8 Å². The molecule has 0 atom stereocenters. The lowest BCUT2D eigenvalue weighted by Crippen LogP contribution is -2.03. The van der Waals surface area contributed by atoms with Crippen molar-refractivity contribution in [3.8, 4) is 11.3 Å². The molecular formula is C26H26N4. The minimum atomic E-state index is 0.970. The summed E-state index contributed by atoms with van der Waals surface area (Å²) < 4.78 is 0. The molecule has 30 heavy (non-hydrogen) atoms. The van der Waals surface area contributed by atoms with Gasteiger partial charge in [0.05, 0.1) is 16.7 Å². The fourth-order valence-electron chi connectivity index (χ4n) is 4.41. The summed E-state index contributed by atoms with van der Waals surface area (Å²) in [6.07, 6.45) is 2.22. The highest BCUT2D eigenvalue weighted by atomic mass is 14.9. The third kappa shape index (κ3) is 3.28. The zero-order valence-electron chi connectivity index (χ0n) is 17.9. The van der Waals surface area contributed by atoms with Gasteiger partial charge in [0.2, 0.25) is 0 Å². The van der Waals surface area contributed by atoms with Crippen molar-refractivity contribution in [3.63, 3.8) is 0 Å². The maximum absolute atomic E-state index is 4.57. The van der Waals surface area contributed by atoms with Gasteiger partial charge in [-0.2, -0.15) is 0 Å². The molecule has 3 aromatic carbocycles. The Bertz CT molecular complexity index is 1390. The molecule has 0 fully saturated rings. The summed E-state index contributed by atoms with van der Waals surface area (Å²) in [6.45, 7) is 8.26. The van der Waals surface area contributed by atoms with E-state index in [2.05, 4.69) is 82.3 Å². The molecule has 0 saturated carbocycles. The predicted octanol–water partition coefficient (Wildman–Crippen LogP) is 6.13. The Morgan fingerprint density at radius 3 is 2.37 bits per heavy atom. The molecular weight excluding hydrogens is 368 g/mol. The molecule has 1 aliphatic carbocycles. The first kappa shape index (κ1) is 18.6. The summed E-state index contributed by atoms with van der Waals surface area (Å²) in [5, 5.41) is 2.48. The van der Waals surface area contributed by atoms with Crippen LogP contribution in [0.15, 0.2) is 48.5 Å². The summed E-state index contributed by atoms with van der Waals surface area (Å²) in [5.74, 6) is 1.99. The third-order valence-corrected chi connectivity index (χ3v) is 5.80. The largest absolute Gasteiger partial charge is 0.346 e. The lowest BCUT2D eigenvalue weighted by Gasteiger charge is -2.15. The summed E-state index contributed by atoms with van der Waals surface area (Å²) in [4.78, 5) is 15.7. The normalized spacial score (nSPS) is 12.4. The van der Waals surface area contributed by atoms with Crippen LogP contribution in [0.2, 0.25) is 0 Å². The number of H-pyrrole nitrogens is 2. The van der Waals surface area contributed by atoms with E-state index in [1.54, 1.807) is 0 Å². The SMILES string of the molecule is Cc1ccc2c(c1)CCc1[nH]c(C)nc1-2.Cc1ccc2c(ccc3[nH]c(C)nc32)c1. The summed E-state index contributed by atoms with van der Waals surface area (Å²) in [6, 6.07) is 17.3. The van der Waals surface area contributed by atoms with Crippen molar-refractivity contribution < 1.29 is 0 Å². The van der Waals surface area contributed by atoms with Crippen LogP contribution in [0.1, 0.15) is 34.0 Å². The van der Waals surface area contributed by atoms with Crippen LogP contribution in [-0.4, -0.2) is 19.9 Å². The summed E-state index contributed by atoms with van der Waals surface area (Å²) in [5.41, 5.74) is 10.0. The molecule has 0 aliphatic heterocycles. The van der Waals surface area contributed by atoms with Crippen LogP contribution in [0.3, 0.4) is 0 Å². The van der Waals surface area contributed by atoms with Gasteiger partial charge in [-0.1, -0.05) is 53.6 Å². The molecule has 2 heterocycles. The Hall–Kier alpha value is -3.40. The van der Waals surface area contributed by atoms with Crippen LogP contribution in [0.25, 0.3) is 33.1 Å². The van der Waals surface area contributed by atoms with E-state index < -0.39 is 0 Å². The number of nitrogens with one attached hydrogen (secondary N) is 2. The number of fused-ring (bicyclic) bond motifs is 6. The highest BCUT2D eigenvalue weighted by Crippen LogP contribution is 2.32. The van der Waals surface area contributed by atoms with Crippen LogP contribution in [0, 0.1) is 27.7 Å². The molecule has 0 bridgehead atoms. The van der Waals surface area contributed by atoms with Gasteiger partial charge in [-0.25, -0.2) is 9.97 Å². The van der Waals surface area contributed by atoms with E-state index in [1.807, 2.05) is 13.8 Å². The molecule has 0 spiro atoms. The quantitative estimate of drug-likeness (QED) is 0.332. The van der Waals surface area contributed by atoms with E-state index in [9.17, 15) is 0 Å². The van der Waals surface area contributed by atoms with Gasteiger partial charge >= 0.3 is 0 Å². The molecule has 2 aromatic heterocycles. The number of imidazole rings is 2. The Morgan fingerprint density at radius 2 is 1.50 bits per heavy atom. The van der Waals surface area contributed by atoms with Gasteiger partial charge in [0.25, 0.3) is 0 Å². The first-order chi connectivity index (χ1) is 14.5. The van der Waals surface area contributed by atoms with Crippen LogP contribution in [0.4, 0.5) is 0 Å². The molecule has 2 N–H and O–H groups in total. The van der Waals surface area contributed by atoms with Gasteiger partial charge < -0.3 is 9.97 Å². The van der Waals surface area contributed by atoms with Crippen LogP contribution in [0.5, 0.6) is 0 Å². The lowest BCUT2D eigenvalue weighted by atomic mass is 9.91. The molecule has 1 aliphatic rings. The van der Waals surface area contributed by atoms with E-state index >= 15 is 0 Å². The van der Waals surface area contributed by atoms with E-state index in [0.29, 0.717) is 0 Å². The highest BCUT2D eigenvalue weighted by Gasteiger charge is 2.19. The highest BCUT2D eigenvalue weighted by molar-refractivity contribution is 6.04. The second-order valence-electron chi connectivity index (χ2n) is 8.32. The second kappa shape index (κ2) is 7.13. The molecule has 4 nitrogen and oxygen atoms in total. The molecule has 0 amide bonds. The number of hydrogen-bond donors (Lipinski definition) is 2.